The second-order valence-corrected chi connectivity index (χ2v) is 5.46. The summed E-state index contributed by atoms with van der Waals surface area (Å²) in [7, 11) is 0. The van der Waals surface area contributed by atoms with Crippen LogP contribution in [-0.2, 0) is 9.53 Å². The fraction of sp³-hybridized carbons (Fsp3) is 0.500. The first-order valence-electron chi connectivity index (χ1n) is 6.78. The summed E-state index contributed by atoms with van der Waals surface area (Å²) >= 11 is 0. The van der Waals surface area contributed by atoms with Crippen molar-refractivity contribution >= 4 is 5.97 Å². The van der Waals surface area contributed by atoms with E-state index in [1.807, 2.05) is 18.2 Å². The summed E-state index contributed by atoms with van der Waals surface area (Å²) in [5, 5.41) is 12.5. The molecule has 0 spiro atoms. The molecule has 0 aromatic carbocycles. The number of rotatable bonds is 6. The molecular weight excluding hydrogens is 252 g/mol. The van der Waals surface area contributed by atoms with Crippen LogP contribution in [0, 0.1) is 22.7 Å². The molecule has 1 rings (SSSR count). The molecule has 0 aliphatic heterocycles. The zero-order valence-electron chi connectivity index (χ0n) is 12.4. The molecule has 0 bridgehead atoms. The maximum atomic E-state index is 11.9. The van der Waals surface area contributed by atoms with Crippen LogP contribution in [0.25, 0.3) is 0 Å². The van der Waals surface area contributed by atoms with E-state index in [0.717, 1.165) is 12.1 Å². The quantitative estimate of drug-likeness (QED) is 0.597. The van der Waals surface area contributed by atoms with Gasteiger partial charge in [0, 0.05) is 12.2 Å². The molecule has 0 saturated heterocycles. The normalized spacial score (nSPS) is 18.1. The molecule has 4 heteroatoms. The topological polar surface area (TPSA) is 62.1 Å². The highest BCUT2D eigenvalue weighted by atomic mass is 16.5. The Morgan fingerprint density at radius 3 is 2.95 bits per heavy atom. The molecule has 0 fully saturated rings. The van der Waals surface area contributed by atoms with Gasteiger partial charge < -0.3 is 10.1 Å². The Morgan fingerprint density at radius 2 is 2.40 bits per heavy atom. The molecule has 1 aliphatic rings. The van der Waals surface area contributed by atoms with Gasteiger partial charge in [-0.3, -0.25) is 4.79 Å². The van der Waals surface area contributed by atoms with Gasteiger partial charge in [0.25, 0.3) is 0 Å². The summed E-state index contributed by atoms with van der Waals surface area (Å²) < 4.78 is 4.96. The first-order valence-corrected chi connectivity index (χ1v) is 6.78. The Labute approximate surface area is 120 Å². The van der Waals surface area contributed by atoms with Crippen LogP contribution < -0.4 is 5.32 Å². The minimum atomic E-state index is -0.866. The first-order chi connectivity index (χ1) is 9.43. The second kappa shape index (κ2) is 6.95. The largest absolute Gasteiger partial charge is 0.465 e. The van der Waals surface area contributed by atoms with Crippen LogP contribution in [0.1, 0.15) is 27.2 Å². The molecule has 4 nitrogen and oxygen atoms in total. The zero-order valence-corrected chi connectivity index (χ0v) is 12.4. The van der Waals surface area contributed by atoms with E-state index in [2.05, 4.69) is 25.7 Å². The molecule has 0 radical (unpaired) electrons. The number of hydrogen-bond donors (Lipinski definition) is 1. The van der Waals surface area contributed by atoms with E-state index in [1.165, 1.54) is 0 Å². The van der Waals surface area contributed by atoms with E-state index >= 15 is 0 Å². The van der Waals surface area contributed by atoms with Crippen LogP contribution in [0.15, 0.2) is 36.1 Å². The molecule has 1 atom stereocenters. The van der Waals surface area contributed by atoms with Gasteiger partial charge in [-0.1, -0.05) is 26.0 Å². The van der Waals surface area contributed by atoms with Gasteiger partial charge in [0.15, 0.2) is 5.92 Å². The first kappa shape index (κ1) is 16.0. The zero-order chi connectivity index (χ0) is 15.2. The van der Waals surface area contributed by atoms with Gasteiger partial charge in [-0.15, -0.1) is 6.58 Å². The predicted octanol–water partition coefficient (Wildman–Crippen LogP) is 2.71. The Bertz CT molecular complexity index is 481. The smallest absolute Gasteiger partial charge is 0.327 e. The van der Waals surface area contributed by atoms with Gasteiger partial charge >= 0.3 is 5.97 Å². The molecule has 108 valence electrons. The van der Waals surface area contributed by atoms with Gasteiger partial charge in [-0.25, -0.2) is 0 Å². The van der Waals surface area contributed by atoms with Crippen molar-refractivity contribution in [2.75, 3.05) is 13.2 Å². The SMILES string of the molecule is C=CCNC1=CC(C(C#N)C(=O)OCC)=CC(C)(C)C1. The molecule has 1 unspecified atom stereocenters. The van der Waals surface area contributed by atoms with Crippen LogP contribution in [0.5, 0.6) is 0 Å². The van der Waals surface area contributed by atoms with Gasteiger partial charge in [-0.05, 0) is 30.4 Å². The summed E-state index contributed by atoms with van der Waals surface area (Å²) in [4.78, 5) is 11.9. The molecule has 0 saturated carbocycles. The van der Waals surface area contributed by atoms with Crippen LogP contribution in [0.3, 0.4) is 0 Å². The van der Waals surface area contributed by atoms with Crippen molar-refractivity contribution < 1.29 is 9.53 Å². The van der Waals surface area contributed by atoms with Crippen molar-refractivity contribution in [1.82, 2.24) is 5.32 Å². The maximum Gasteiger partial charge on any atom is 0.327 e. The molecular formula is C16H22N2O2. The van der Waals surface area contributed by atoms with Crippen molar-refractivity contribution in [3.8, 4) is 6.07 Å². The van der Waals surface area contributed by atoms with Crippen molar-refractivity contribution in [2.24, 2.45) is 11.3 Å². The second-order valence-electron chi connectivity index (χ2n) is 5.46. The summed E-state index contributed by atoms with van der Waals surface area (Å²) in [6, 6.07) is 2.04. The van der Waals surface area contributed by atoms with Gasteiger partial charge in [0.1, 0.15) is 0 Å². The third-order valence-electron chi connectivity index (χ3n) is 3.00. The number of nitriles is 1. The fourth-order valence-electron chi connectivity index (χ4n) is 2.26. The number of nitrogens with one attached hydrogen (secondary N) is 1. The van der Waals surface area contributed by atoms with E-state index in [1.54, 1.807) is 13.0 Å². The minimum absolute atomic E-state index is 0.102. The molecule has 0 aromatic heterocycles. The molecule has 0 amide bonds. The van der Waals surface area contributed by atoms with Gasteiger partial charge in [-0.2, -0.15) is 5.26 Å². The summed E-state index contributed by atoms with van der Waals surface area (Å²) in [6.45, 7) is 10.5. The molecule has 20 heavy (non-hydrogen) atoms. The number of carbonyl (C=O) groups is 1. The third kappa shape index (κ3) is 4.27. The van der Waals surface area contributed by atoms with Crippen LogP contribution in [0.2, 0.25) is 0 Å². The number of hydrogen-bond acceptors (Lipinski definition) is 4. The third-order valence-corrected chi connectivity index (χ3v) is 3.00. The van der Waals surface area contributed by atoms with Crippen molar-refractivity contribution in [3.63, 3.8) is 0 Å². The Hall–Kier alpha value is -2.02. The lowest BCUT2D eigenvalue weighted by atomic mass is 9.79. The van der Waals surface area contributed by atoms with E-state index in [4.69, 9.17) is 4.74 Å². The monoisotopic (exact) mass is 274 g/mol. The van der Waals surface area contributed by atoms with Crippen molar-refractivity contribution in [3.05, 3.63) is 36.1 Å². The lowest BCUT2D eigenvalue weighted by Gasteiger charge is -2.29. The lowest BCUT2D eigenvalue weighted by molar-refractivity contribution is -0.144. The van der Waals surface area contributed by atoms with Gasteiger partial charge in [0.05, 0.1) is 12.7 Å². The summed E-state index contributed by atoms with van der Waals surface area (Å²) in [6.07, 6.45) is 6.47. The number of carbonyl (C=O) groups excluding carboxylic acids is 1. The van der Waals surface area contributed by atoms with Gasteiger partial charge in [0.2, 0.25) is 0 Å². The minimum Gasteiger partial charge on any atom is -0.465 e. The Morgan fingerprint density at radius 1 is 1.70 bits per heavy atom. The number of nitrogens with zero attached hydrogens (tertiary/aromatic N) is 1. The number of ether oxygens (including phenoxy) is 1. The highest BCUT2D eigenvalue weighted by molar-refractivity contribution is 5.80. The predicted molar refractivity (Wildman–Crippen MR) is 78.5 cm³/mol. The van der Waals surface area contributed by atoms with E-state index in [9.17, 15) is 10.1 Å². The highest BCUT2D eigenvalue weighted by Crippen LogP contribution is 2.34. The van der Waals surface area contributed by atoms with E-state index in [0.29, 0.717) is 12.1 Å². The number of allylic oxidation sites excluding steroid dienone is 3. The molecule has 0 aromatic rings. The van der Waals surface area contributed by atoms with Crippen molar-refractivity contribution in [2.45, 2.75) is 27.2 Å². The van der Waals surface area contributed by atoms with Crippen LogP contribution >= 0.6 is 0 Å². The Kier molecular flexibility index (Phi) is 5.57. The van der Waals surface area contributed by atoms with Crippen LogP contribution in [-0.4, -0.2) is 19.1 Å². The highest BCUT2D eigenvalue weighted by Gasteiger charge is 2.29. The number of esters is 1. The molecule has 1 N–H and O–H groups in total. The average molecular weight is 274 g/mol. The lowest BCUT2D eigenvalue weighted by Crippen LogP contribution is -2.26. The maximum absolute atomic E-state index is 11.9. The van der Waals surface area contributed by atoms with Crippen LogP contribution in [0.4, 0.5) is 0 Å². The van der Waals surface area contributed by atoms with E-state index < -0.39 is 11.9 Å². The fourth-order valence-corrected chi connectivity index (χ4v) is 2.26. The Balaban J connectivity index is 3.02. The standard InChI is InChI=1S/C16H22N2O2/c1-5-7-18-13-8-12(9-16(3,4)10-13)14(11-17)15(19)20-6-2/h5,8-9,14,18H,1,6-7,10H2,2-4H3. The summed E-state index contributed by atoms with van der Waals surface area (Å²) in [5.41, 5.74) is 1.61. The molecule has 1 aliphatic carbocycles. The summed E-state index contributed by atoms with van der Waals surface area (Å²) in [5.74, 6) is -1.35. The van der Waals surface area contributed by atoms with Crippen molar-refractivity contribution in [1.29, 1.82) is 5.26 Å². The average Bonchev–Trinajstić information content (AvgIpc) is 2.35. The molecule has 0 heterocycles. The van der Waals surface area contributed by atoms with E-state index in [-0.39, 0.29) is 12.0 Å².